The molecule has 1 unspecified atom stereocenters. The first kappa shape index (κ1) is 24.5. The Morgan fingerprint density at radius 3 is 2.31 bits per heavy atom. The van der Waals surface area contributed by atoms with E-state index in [2.05, 4.69) is 15.9 Å². The minimum Gasteiger partial charge on any atom is -0.507 e. The fourth-order valence-electron chi connectivity index (χ4n) is 4.18. The molecule has 0 bridgehead atoms. The predicted octanol–water partition coefficient (Wildman–Crippen LogP) is 6.10. The normalized spacial score (nSPS) is 17.1. The summed E-state index contributed by atoms with van der Waals surface area (Å²) in [7, 11) is 1.55. The van der Waals surface area contributed by atoms with Gasteiger partial charge in [-0.1, -0.05) is 40.2 Å². The summed E-state index contributed by atoms with van der Waals surface area (Å²) < 4.78 is 12.0. The number of aliphatic hydroxyl groups is 1. The van der Waals surface area contributed by atoms with Crippen LogP contribution in [-0.2, 0) is 9.59 Å². The fraction of sp³-hybridized carbons (Fsp3) is 0.214. The number of methoxy groups -OCH3 is 1. The van der Waals surface area contributed by atoms with E-state index in [1.807, 2.05) is 39.0 Å². The summed E-state index contributed by atoms with van der Waals surface area (Å²) in [6.45, 7) is 6.21. The largest absolute Gasteiger partial charge is 0.507 e. The van der Waals surface area contributed by atoms with Crippen molar-refractivity contribution in [3.8, 4) is 11.5 Å². The zero-order valence-corrected chi connectivity index (χ0v) is 21.5. The van der Waals surface area contributed by atoms with E-state index in [1.54, 1.807) is 49.6 Å². The number of carbonyl (C=O) groups is 2. The molecule has 6 nitrogen and oxygen atoms in total. The van der Waals surface area contributed by atoms with Gasteiger partial charge < -0.3 is 14.6 Å². The third kappa shape index (κ3) is 4.56. The first-order valence-electron chi connectivity index (χ1n) is 11.2. The van der Waals surface area contributed by atoms with Crippen LogP contribution in [-0.4, -0.2) is 30.5 Å². The lowest BCUT2D eigenvalue weighted by Gasteiger charge is -2.26. The molecule has 7 heteroatoms. The van der Waals surface area contributed by atoms with Crippen molar-refractivity contribution >= 4 is 39.1 Å². The lowest BCUT2D eigenvalue weighted by Crippen LogP contribution is -2.29. The third-order valence-electron chi connectivity index (χ3n) is 6.13. The molecule has 1 atom stereocenters. The van der Waals surface area contributed by atoms with Crippen LogP contribution in [0, 0.1) is 13.8 Å². The van der Waals surface area contributed by atoms with E-state index in [-0.39, 0.29) is 11.3 Å². The Kier molecular flexibility index (Phi) is 6.98. The Morgan fingerprint density at radius 2 is 1.69 bits per heavy atom. The van der Waals surface area contributed by atoms with Gasteiger partial charge in [0, 0.05) is 15.7 Å². The van der Waals surface area contributed by atoms with E-state index in [9.17, 15) is 14.7 Å². The number of hydrogen-bond donors (Lipinski definition) is 1. The Labute approximate surface area is 212 Å². The van der Waals surface area contributed by atoms with Gasteiger partial charge >= 0.3 is 0 Å². The summed E-state index contributed by atoms with van der Waals surface area (Å²) in [5.41, 5.74) is 3.70. The van der Waals surface area contributed by atoms with Crippen LogP contribution >= 0.6 is 15.9 Å². The van der Waals surface area contributed by atoms with Crippen molar-refractivity contribution in [2.45, 2.75) is 26.8 Å². The van der Waals surface area contributed by atoms with Crippen LogP contribution in [0.4, 0.5) is 5.69 Å². The second-order valence-electron chi connectivity index (χ2n) is 8.29. The summed E-state index contributed by atoms with van der Waals surface area (Å²) >= 11 is 3.38. The maximum absolute atomic E-state index is 13.4. The van der Waals surface area contributed by atoms with E-state index in [1.165, 1.54) is 4.90 Å². The molecule has 0 aliphatic carbocycles. The zero-order valence-electron chi connectivity index (χ0n) is 20.0. The molecular weight excluding hydrogens is 510 g/mol. The number of nitrogens with zero attached hydrogens (tertiary/aromatic N) is 1. The van der Waals surface area contributed by atoms with Crippen molar-refractivity contribution in [3.05, 3.63) is 93.0 Å². The van der Waals surface area contributed by atoms with Gasteiger partial charge in [-0.2, -0.15) is 0 Å². The monoisotopic (exact) mass is 535 g/mol. The molecular formula is C28H26BrNO5. The van der Waals surface area contributed by atoms with Crippen molar-refractivity contribution in [3.63, 3.8) is 0 Å². The summed E-state index contributed by atoms with van der Waals surface area (Å²) in [4.78, 5) is 28.2. The molecule has 1 N–H and O–H groups in total. The summed E-state index contributed by atoms with van der Waals surface area (Å²) in [5, 5.41) is 11.3. The van der Waals surface area contributed by atoms with E-state index < -0.39 is 17.7 Å². The number of benzene rings is 3. The van der Waals surface area contributed by atoms with Crippen molar-refractivity contribution in [2.24, 2.45) is 0 Å². The van der Waals surface area contributed by atoms with Crippen molar-refractivity contribution in [1.29, 1.82) is 0 Å². The van der Waals surface area contributed by atoms with E-state index >= 15 is 0 Å². The maximum atomic E-state index is 13.4. The highest BCUT2D eigenvalue weighted by Crippen LogP contribution is 2.44. The molecule has 1 fully saturated rings. The molecule has 3 aromatic carbocycles. The number of carbonyl (C=O) groups excluding carboxylic acids is 2. The Hall–Kier alpha value is -3.58. The molecule has 0 saturated carbocycles. The number of halogens is 1. The van der Waals surface area contributed by atoms with E-state index in [0.717, 1.165) is 15.6 Å². The molecule has 1 aliphatic rings. The number of aryl methyl sites for hydroxylation is 2. The predicted molar refractivity (Wildman–Crippen MR) is 139 cm³/mol. The SMILES string of the molecule is CCOc1cc(C2/C(=C(\O)c3ccc(Br)cc3)C(=O)C(=O)N2c2ccc(C)c(C)c2)ccc1OC. The smallest absolute Gasteiger partial charge is 0.300 e. The summed E-state index contributed by atoms with van der Waals surface area (Å²) in [5.74, 6) is -0.664. The van der Waals surface area contributed by atoms with Crippen LogP contribution in [0.1, 0.15) is 35.2 Å². The van der Waals surface area contributed by atoms with E-state index in [0.29, 0.717) is 34.9 Å². The fourth-order valence-corrected chi connectivity index (χ4v) is 4.45. The highest BCUT2D eigenvalue weighted by atomic mass is 79.9. The lowest BCUT2D eigenvalue weighted by molar-refractivity contribution is -0.132. The second kappa shape index (κ2) is 9.96. The molecule has 1 saturated heterocycles. The molecule has 1 amide bonds. The standard InChI is InChI=1S/C28H26BrNO5/c1-5-35-23-15-19(9-13-22(23)34-4)25-24(26(31)18-7-10-20(29)11-8-18)27(32)28(33)30(25)21-12-6-16(2)17(3)14-21/h6-15,25,31H,5H2,1-4H3/b26-24+. The van der Waals surface area contributed by atoms with E-state index in [4.69, 9.17) is 9.47 Å². The molecule has 3 aromatic rings. The lowest BCUT2D eigenvalue weighted by atomic mass is 9.94. The van der Waals surface area contributed by atoms with Gasteiger partial charge in [-0.15, -0.1) is 0 Å². The molecule has 1 heterocycles. The zero-order chi connectivity index (χ0) is 25.3. The second-order valence-corrected chi connectivity index (χ2v) is 9.20. The summed E-state index contributed by atoms with van der Waals surface area (Å²) in [6.07, 6.45) is 0. The maximum Gasteiger partial charge on any atom is 0.300 e. The number of amides is 1. The number of anilines is 1. The van der Waals surface area contributed by atoms with Crippen LogP contribution in [0.2, 0.25) is 0 Å². The van der Waals surface area contributed by atoms with Crippen LogP contribution in [0.15, 0.2) is 70.7 Å². The van der Waals surface area contributed by atoms with Gasteiger partial charge in [0.2, 0.25) is 0 Å². The molecule has 180 valence electrons. The molecule has 0 radical (unpaired) electrons. The number of hydrogen-bond acceptors (Lipinski definition) is 5. The molecule has 35 heavy (non-hydrogen) atoms. The topological polar surface area (TPSA) is 76.1 Å². The van der Waals surface area contributed by atoms with Crippen molar-refractivity contribution in [1.82, 2.24) is 0 Å². The number of aliphatic hydroxyl groups excluding tert-OH is 1. The van der Waals surface area contributed by atoms with Gasteiger partial charge in [0.05, 0.1) is 25.3 Å². The molecule has 0 aromatic heterocycles. The van der Waals surface area contributed by atoms with Crippen LogP contribution in [0.5, 0.6) is 11.5 Å². The molecule has 1 aliphatic heterocycles. The van der Waals surface area contributed by atoms with Gasteiger partial charge in [0.15, 0.2) is 11.5 Å². The number of rotatable bonds is 6. The molecule has 0 spiro atoms. The quantitative estimate of drug-likeness (QED) is 0.234. The number of ether oxygens (including phenoxy) is 2. The first-order valence-corrected chi connectivity index (χ1v) is 12.0. The highest BCUT2D eigenvalue weighted by molar-refractivity contribution is 9.10. The van der Waals surface area contributed by atoms with Crippen LogP contribution < -0.4 is 14.4 Å². The van der Waals surface area contributed by atoms with Crippen molar-refractivity contribution in [2.75, 3.05) is 18.6 Å². The van der Waals surface area contributed by atoms with Gasteiger partial charge in [0.1, 0.15) is 5.76 Å². The van der Waals surface area contributed by atoms with Gasteiger partial charge in [-0.3, -0.25) is 14.5 Å². The Balaban J connectivity index is 1.97. The average molecular weight is 536 g/mol. The minimum absolute atomic E-state index is 0.0168. The average Bonchev–Trinajstić information content (AvgIpc) is 3.11. The number of Topliss-reactive ketones (excluding diaryl/α,β-unsaturated/α-hetero) is 1. The Bertz CT molecular complexity index is 1330. The first-order chi connectivity index (χ1) is 16.8. The number of ketones is 1. The highest BCUT2D eigenvalue weighted by Gasteiger charge is 2.47. The summed E-state index contributed by atoms with van der Waals surface area (Å²) in [6, 6.07) is 16.9. The van der Waals surface area contributed by atoms with Gasteiger partial charge in [-0.25, -0.2) is 0 Å². The van der Waals surface area contributed by atoms with Crippen LogP contribution in [0.3, 0.4) is 0 Å². The van der Waals surface area contributed by atoms with Crippen molar-refractivity contribution < 1.29 is 24.2 Å². The molecule has 4 rings (SSSR count). The minimum atomic E-state index is -0.856. The third-order valence-corrected chi connectivity index (χ3v) is 6.66. The van der Waals surface area contributed by atoms with Crippen LogP contribution in [0.25, 0.3) is 5.76 Å². The Morgan fingerprint density at radius 1 is 0.971 bits per heavy atom. The van der Waals surface area contributed by atoms with Gasteiger partial charge in [0.25, 0.3) is 11.7 Å². The van der Waals surface area contributed by atoms with Gasteiger partial charge in [-0.05, 0) is 73.9 Å².